The molecule has 0 bridgehead atoms. The third kappa shape index (κ3) is 4.58. The van der Waals surface area contributed by atoms with Gasteiger partial charge in [0.05, 0.1) is 9.21 Å². The fourth-order valence-electron chi connectivity index (χ4n) is 1.88. The van der Waals surface area contributed by atoms with E-state index >= 15 is 0 Å². The molecule has 1 aromatic heterocycles. The average molecular weight is 324 g/mol. The van der Waals surface area contributed by atoms with Crippen LogP contribution in [0.4, 0.5) is 0 Å². The van der Waals surface area contributed by atoms with E-state index in [2.05, 4.69) is 5.32 Å². The summed E-state index contributed by atoms with van der Waals surface area (Å²) in [6, 6.07) is 11.8. The first kappa shape index (κ1) is 15.5. The van der Waals surface area contributed by atoms with Crippen LogP contribution in [-0.4, -0.2) is 23.0 Å². The number of rotatable bonds is 6. The number of carboxylic acid groups (broad SMARTS) is 1. The minimum Gasteiger partial charge on any atom is -0.480 e. The van der Waals surface area contributed by atoms with E-state index < -0.39 is 17.9 Å². The molecule has 0 aliphatic heterocycles. The van der Waals surface area contributed by atoms with E-state index in [1.165, 1.54) is 0 Å². The standard InChI is InChI=1S/C15H14ClNO3S/c16-13-9-8-12(21-13)14(18)17-11(15(19)20)7-6-10-4-2-1-3-5-10/h1-5,8-9,11H,6-7H2,(H,17,18)(H,19,20). The molecule has 0 aliphatic carbocycles. The first-order valence-corrected chi connectivity index (χ1v) is 7.58. The number of thiophene rings is 1. The molecule has 2 N–H and O–H groups in total. The summed E-state index contributed by atoms with van der Waals surface area (Å²) < 4.78 is 0.497. The number of carbonyl (C=O) groups excluding carboxylic acids is 1. The van der Waals surface area contributed by atoms with Crippen LogP contribution in [0.5, 0.6) is 0 Å². The average Bonchev–Trinajstić information content (AvgIpc) is 2.90. The van der Waals surface area contributed by atoms with Gasteiger partial charge >= 0.3 is 5.97 Å². The number of hydrogen-bond acceptors (Lipinski definition) is 3. The lowest BCUT2D eigenvalue weighted by atomic mass is 10.1. The van der Waals surface area contributed by atoms with Crippen LogP contribution in [0.25, 0.3) is 0 Å². The maximum absolute atomic E-state index is 12.0. The van der Waals surface area contributed by atoms with Gasteiger partial charge in [0.1, 0.15) is 6.04 Å². The van der Waals surface area contributed by atoms with Gasteiger partial charge in [0, 0.05) is 0 Å². The lowest BCUT2D eigenvalue weighted by molar-refractivity contribution is -0.139. The zero-order valence-electron chi connectivity index (χ0n) is 11.1. The molecule has 1 amide bonds. The molecule has 21 heavy (non-hydrogen) atoms. The molecular weight excluding hydrogens is 310 g/mol. The van der Waals surface area contributed by atoms with Gasteiger partial charge in [0.2, 0.25) is 0 Å². The quantitative estimate of drug-likeness (QED) is 0.857. The highest BCUT2D eigenvalue weighted by Crippen LogP contribution is 2.21. The first-order chi connectivity index (χ1) is 10.1. The van der Waals surface area contributed by atoms with Crippen molar-refractivity contribution in [1.29, 1.82) is 0 Å². The number of nitrogens with one attached hydrogen (secondary N) is 1. The Labute approximate surface area is 131 Å². The largest absolute Gasteiger partial charge is 0.480 e. The van der Waals surface area contributed by atoms with E-state index in [1.807, 2.05) is 30.3 Å². The van der Waals surface area contributed by atoms with Crippen molar-refractivity contribution in [3.63, 3.8) is 0 Å². The smallest absolute Gasteiger partial charge is 0.326 e. The Bertz CT molecular complexity index is 627. The third-order valence-electron chi connectivity index (χ3n) is 2.96. The first-order valence-electron chi connectivity index (χ1n) is 6.39. The molecule has 0 fully saturated rings. The number of hydrogen-bond donors (Lipinski definition) is 2. The Balaban J connectivity index is 1.96. The van der Waals surface area contributed by atoms with Gasteiger partial charge < -0.3 is 10.4 Å². The predicted octanol–water partition coefficient (Wildman–Crippen LogP) is 3.22. The van der Waals surface area contributed by atoms with Crippen LogP contribution in [0.3, 0.4) is 0 Å². The van der Waals surface area contributed by atoms with Gasteiger partial charge in [0.15, 0.2) is 0 Å². The van der Waals surface area contributed by atoms with Crippen LogP contribution in [-0.2, 0) is 11.2 Å². The number of carbonyl (C=O) groups is 2. The van der Waals surface area contributed by atoms with Gasteiger partial charge in [-0.1, -0.05) is 41.9 Å². The van der Waals surface area contributed by atoms with E-state index in [0.717, 1.165) is 16.9 Å². The molecule has 0 aliphatic rings. The summed E-state index contributed by atoms with van der Waals surface area (Å²) in [6.45, 7) is 0. The van der Waals surface area contributed by atoms with Crippen LogP contribution in [0.1, 0.15) is 21.7 Å². The van der Waals surface area contributed by atoms with Gasteiger partial charge in [0.25, 0.3) is 5.91 Å². The van der Waals surface area contributed by atoms with E-state index in [1.54, 1.807) is 12.1 Å². The topological polar surface area (TPSA) is 66.4 Å². The molecule has 2 rings (SSSR count). The predicted molar refractivity (Wildman–Crippen MR) is 83.0 cm³/mol. The Morgan fingerprint density at radius 1 is 1.19 bits per heavy atom. The van der Waals surface area contributed by atoms with Gasteiger partial charge in [-0.15, -0.1) is 11.3 Å². The number of halogens is 1. The van der Waals surface area contributed by atoms with Crippen molar-refractivity contribution in [1.82, 2.24) is 5.32 Å². The highest BCUT2D eigenvalue weighted by Gasteiger charge is 2.21. The molecule has 1 atom stereocenters. The second-order valence-electron chi connectivity index (χ2n) is 4.49. The molecule has 1 unspecified atom stereocenters. The Morgan fingerprint density at radius 2 is 1.90 bits per heavy atom. The zero-order valence-corrected chi connectivity index (χ0v) is 12.7. The van der Waals surface area contributed by atoms with Crippen molar-refractivity contribution in [3.8, 4) is 0 Å². The molecule has 0 spiro atoms. The van der Waals surface area contributed by atoms with E-state index in [-0.39, 0.29) is 0 Å². The second-order valence-corrected chi connectivity index (χ2v) is 6.21. The summed E-state index contributed by atoms with van der Waals surface area (Å²) in [6.07, 6.45) is 0.924. The number of aliphatic carboxylic acids is 1. The molecule has 0 saturated carbocycles. The van der Waals surface area contributed by atoms with Crippen molar-refractivity contribution in [2.75, 3.05) is 0 Å². The molecule has 0 saturated heterocycles. The monoisotopic (exact) mass is 323 g/mol. The van der Waals surface area contributed by atoms with Gasteiger partial charge in [-0.25, -0.2) is 4.79 Å². The Morgan fingerprint density at radius 3 is 2.48 bits per heavy atom. The zero-order chi connectivity index (χ0) is 15.2. The van der Waals surface area contributed by atoms with Crippen LogP contribution in [0.15, 0.2) is 42.5 Å². The molecule has 110 valence electrons. The molecule has 2 aromatic rings. The maximum Gasteiger partial charge on any atom is 0.326 e. The molecule has 4 nitrogen and oxygen atoms in total. The number of aryl methyl sites for hydroxylation is 1. The molecule has 0 radical (unpaired) electrons. The Kier molecular flexibility index (Phi) is 5.36. The normalized spacial score (nSPS) is 11.9. The van der Waals surface area contributed by atoms with Crippen molar-refractivity contribution in [2.24, 2.45) is 0 Å². The summed E-state index contributed by atoms with van der Waals surface area (Å²) >= 11 is 6.89. The van der Waals surface area contributed by atoms with Crippen molar-refractivity contribution in [2.45, 2.75) is 18.9 Å². The van der Waals surface area contributed by atoms with Crippen molar-refractivity contribution >= 4 is 34.8 Å². The second kappa shape index (κ2) is 7.24. The summed E-state index contributed by atoms with van der Waals surface area (Å²) in [4.78, 5) is 23.6. The molecule has 1 aromatic carbocycles. The minimum atomic E-state index is -1.04. The van der Waals surface area contributed by atoms with Crippen molar-refractivity contribution < 1.29 is 14.7 Å². The Hall–Kier alpha value is -1.85. The highest BCUT2D eigenvalue weighted by molar-refractivity contribution is 7.18. The van der Waals surface area contributed by atoms with E-state index in [0.29, 0.717) is 22.1 Å². The summed E-state index contributed by atoms with van der Waals surface area (Å²) in [5.41, 5.74) is 1.04. The lowest BCUT2D eigenvalue weighted by Crippen LogP contribution is -2.40. The minimum absolute atomic E-state index is 0.337. The number of benzene rings is 1. The fourth-order valence-corrected chi connectivity index (χ4v) is 2.82. The fraction of sp³-hybridized carbons (Fsp3) is 0.200. The van der Waals surface area contributed by atoms with Gasteiger partial charge in [-0.05, 0) is 30.5 Å². The van der Waals surface area contributed by atoms with Crippen LogP contribution < -0.4 is 5.32 Å². The SMILES string of the molecule is O=C(NC(CCc1ccccc1)C(=O)O)c1ccc(Cl)s1. The molecule has 6 heteroatoms. The molecule has 1 heterocycles. The maximum atomic E-state index is 12.0. The number of amides is 1. The van der Waals surface area contributed by atoms with Crippen molar-refractivity contribution in [3.05, 3.63) is 57.2 Å². The summed E-state index contributed by atoms with van der Waals surface area (Å²) in [5.74, 6) is -1.45. The summed E-state index contributed by atoms with van der Waals surface area (Å²) in [7, 11) is 0. The lowest BCUT2D eigenvalue weighted by Gasteiger charge is -2.13. The van der Waals surface area contributed by atoms with Crippen LogP contribution >= 0.6 is 22.9 Å². The van der Waals surface area contributed by atoms with E-state index in [9.17, 15) is 14.7 Å². The van der Waals surface area contributed by atoms with Gasteiger partial charge in [-0.2, -0.15) is 0 Å². The highest BCUT2D eigenvalue weighted by atomic mass is 35.5. The van der Waals surface area contributed by atoms with Gasteiger partial charge in [-0.3, -0.25) is 4.79 Å². The number of carboxylic acids is 1. The third-order valence-corrected chi connectivity index (χ3v) is 4.19. The summed E-state index contributed by atoms with van der Waals surface area (Å²) in [5, 5.41) is 11.7. The molecular formula is C15H14ClNO3S. The van der Waals surface area contributed by atoms with E-state index in [4.69, 9.17) is 11.6 Å². The van der Waals surface area contributed by atoms with Crippen LogP contribution in [0, 0.1) is 0 Å². The van der Waals surface area contributed by atoms with Crippen LogP contribution in [0.2, 0.25) is 4.34 Å².